The molecule has 1 fully saturated rings. The van der Waals surface area contributed by atoms with Gasteiger partial charge in [0.1, 0.15) is 6.61 Å². The molecule has 1 saturated heterocycles. The summed E-state index contributed by atoms with van der Waals surface area (Å²) in [5, 5.41) is 3.00. The van der Waals surface area contributed by atoms with E-state index in [4.69, 9.17) is 4.74 Å². The van der Waals surface area contributed by atoms with E-state index in [9.17, 15) is 9.59 Å². The molecule has 5 nitrogen and oxygen atoms in total. The number of hydrogen-bond donors (Lipinski definition) is 1. The summed E-state index contributed by atoms with van der Waals surface area (Å²) in [6, 6.07) is 0.223. The summed E-state index contributed by atoms with van der Waals surface area (Å²) in [5.41, 5.74) is 0. The number of carbonyl (C=O) groups excluding carboxylic acids is 2. The van der Waals surface area contributed by atoms with Crippen LogP contribution in [0.4, 0.5) is 0 Å². The zero-order valence-electron chi connectivity index (χ0n) is 12.7. The van der Waals surface area contributed by atoms with Gasteiger partial charge in [-0.25, -0.2) is 0 Å². The SMILES string of the molecule is CC.CCCC(=O)NC1CCN(C(=O)COC)CC1. The van der Waals surface area contributed by atoms with E-state index in [0.717, 1.165) is 19.3 Å². The molecule has 1 rings (SSSR count). The van der Waals surface area contributed by atoms with Crippen LogP contribution < -0.4 is 5.32 Å². The third-order valence-corrected chi connectivity index (χ3v) is 2.96. The lowest BCUT2D eigenvalue weighted by Crippen LogP contribution is -2.47. The van der Waals surface area contributed by atoms with Crippen molar-refractivity contribution >= 4 is 11.8 Å². The Hall–Kier alpha value is -1.10. The van der Waals surface area contributed by atoms with Crippen LogP contribution >= 0.6 is 0 Å². The Morgan fingerprint density at radius 2 is 1.84 bits per heavy atom. The fraction of sp³-hybridized carbons (Fsp3) is 0.857. The first-order valence-corrected chi connectivity index (χ1v) is 7.23. The highest BCUT2D eigenvalue weighted by Gasteiger charge is 2.23. The number of rotatable bonds is 5. The van der Waals surface area contributed by atoms with Crippen molar-refractivity contribution in [3.8, 4) is 0 Å². The first-order valence-electron chi connectivity index (χ1n) is 7.23. The van der Waals surface area contributed by atoms with Crippen LogP contribution in [0.2, 0.25) is 0 Å². The van der Waals surface area contributed by atoms with Gasteiger partial charge in [0.2, 0.25) is 11.8 Å². The van der Waals surface area contributed by atoms with E-state index in [0.29, 0.717) is 19.5 Å². The van der Waals surface area contributed by atoms with Gasteiger partial charge in [-0.3, -0.25) is 9.59 Å². The maximum Gasteiger partial charge on any atom is 0.248 e. The van der Waals surface area contributed by atoms with Crippen molar-refractivity contribution in [1.82, 2.24) is 10.2 Å². The molecule has 1 aliphatic heterocycles. The van der Waals surface area contributed by atoms with Crippen molar-refractivity contribution in [2.75, 3.05) is 26.8 Å². The number of likely N-dealkylation sites (tertiary alicyclic amines) is 1. The van der Waals surface area contributed by atoms with Crippen LogP contribution in [0.1, 0.15) is 46.5 Å². The van der Waals surface area contributed by atoms with E-state index in [-0.39, 0.29) is 24.5 Å². The van der Waals surface area contributed by atoms with Gasteiger partial charge in [-0.2, -0.15) is 0 Å². The number of carbonyl (C=O) groups is 2. The van der Waals surface area contributed by atoms with Crippen molar-refractivity contribution < 1.29 is 14.3 Å². The quantitative estimate of drug-likeness (QED) is 0.826. The van der Waals surface area contributed by atoms with Crippen LogP contribution in [0.5, 0.6) is 0 Å². The third kappa shape index (κ3) is 7.15. The zero-order valence-corrected chi connectivity index (χ0v) is 12.7. The van der Waals surface area contributed by atoms with Crippen LogP contribution in [-0.4, -0.2) is 49.6 Å². The molecule has 0 spiro atoms. The van der Waals surface area contributed by atoms with E-state index < -0.39 is 0 Å². The third-order valence-electron chi connectivity index (χ3n) is 2.96. The first-order chi connectivity index (χ1) is 9.17. The Morgan fingerprint density at radius 1 is 1.26 bits per heavy atom. The fourth-order valence-electron chi connectivity index (χ4n) is 2.01. The minimum atomic E-state index is 0.0332. The fourth-order valence-corrected chi connectivity index (χ4v) is 2.01. The minimum Gasteiger partial charge on any atom is -0.375 e. The van der Waals surface area contributed by atoms with Gasteiger partial charge in [-0.1, -0.05) is 20.8 Å². The van der Waals surface area contributed by atoms with Gasteiger partial charge in [0.05, 0.1) is 0 Å². The second-order valence-electron chi connectivity index (χ2n) is 4.41. The van der Waals surface area contributed by atoms with Crippen molar-refractivity contribution in [2.24, 2.45) is 0 Å². The number of nitrogens with one attached hydrogen (secondary N) is 1. The van der Waals surface area contributed by atoms with Crippen LogP contribution in [0.15, 0.2) is 0 Å². The molecule has 0 aromatic carbocycles. The number of amides is 2. The first kappa shape index (κ1) is 17.9. The second kappa shape index (κ2) is 10.8. The molecule has 112 valence electrons. The number of hydrogen-bond acceptors (Lipinski definition) is 3. The molecule has 0 saturated carbocycles. The number of nitrogens with zero attached hydrogens (tertiary/aromatic N) is 1. The van der Waals surface area contributed by atoms with Gasteiger partial charge in [-0.05, 0) is 19.3 Å². The molecular formula is C14H28N2O3. The largest absolute Gasteiger partial charge is 0.375 e. The molecule has 1 N–H and O–H groups in total. The van der Waals surface area contributed by atoms with Crippen LogP contribution in [0.3, 0.4) is 0 Å². The maximum absolute atomic E-state index is 11.5. The molecule has 1 aliphatic rings. The summed E-state index contributed by atoms with van der Waals surface area (Å²) in [5.74, 6) is 0.153. The van der Waals surface area contributed by atoms with Crippen molar-refractivity contribution in [2.45, 2.75) is 52.5 Å². The molecule has 2 amide bonds. The Morgan fingerprint density at radius 3 is 2.32 bits per heavy atom. The Labute approximate surface area is 116 Å². The monoisotopic (exact) mass is 272 g/mol. The van der Waals surface area contributed by atoms with Gasteiger partial charge in [-0.15, -0.1) is 0 Å². The second-order valence-corrected chi connectivity index (χ2v) is 4.41. The molecule has 19 heavy (non-hydrogen) atoms. The lowest BCUT2D eigenvalue weighted by atomic mass is 10.0. The molecule has 0 radical (unpaired) electrons. The van der Waals surface area contributed by atoms with Crippen LogP contribution in [0, 0.1) is 0 Å². The molecule has 0 unspecified atom stereocenters. The molecule has 0 atom stereocenters. The van der Waals surface area contributed by atoms with Crippen molar-refractivity contribution in [3.63, 3.8) is 0 Å². The molecule has 0 aromatic rings. The number of ether oxygens (including phenoxy) is 1. The maximum atomic E-state index is 11.5. The lowest BCUT2D eigenvalue weighted by Gasteiger charge is -2.32. The highest BCUT2D eigenvalue weighted by molar-refractivity contribution is 5.78. The van der Waals surface area contributed by atoms with E-state index in [2.05, 4.69) is 5.32 Å². The van der Waals surface area contributed by atoms with Crippen LogP contribution in [-0.2, 0) is 14.3 Å². The number of piperidine rings is 1. The summed E-state index contributed by atoms with van der Waals surface area (Å²) in [6.07, 6.45) is 3.13. The highest BCUT2D eigenvalue weighted by atomic mass is 16.5. The van der Waals surface area contributed by atoms with E-state index in [1.807, 2.05) is 20.8 Å². The molecule has 0 aromatic heterocycles. The average molecular weight is 272 g/mol. The van der Waals surface area contributed by atoms with Gasteiger partial charge < -0.3 is 15.0 Å². The topological polar surface area (TPSA) is 58.6 Å². The minimum absolute atomic E-state index is 0.0332. The van der Waals surface area contributed by atoms with Crippen molar-refractivity contribution in [1.29, 1.82) is 0 Å². The van der Waals surface area contributed by atoms with Gasteiger partial charge in [0.15, 0.2) is 0 Å². The summed E-state index contributed by atoms with van der Waals surface area (Å²) >= 11 is 0. The summed E-state index contributed by atoms with van der Waals surface area (Å²) in [7, 11) is 1.52. The smallest absolute Gasteiger partial charge is 0.248 e. The average Bonchev–Trinajstić information content (AvgIpc) is 2.42. The van der Waals surface area contributed by atoms with E-state index >= 15 is 0 Å². The summed E-state index contributed by atoms with van der Waals surface area (Å²) < 4.78 is 4.82. The summed E-state index contributed by atoms with van der Waals surface area (Å²) in [4.78, 5) is 24.8. The molecule has 0 aliphatic carbocycles. The Bertz CT molecular complexity index is 261. The Balaban J connectivity index is 0.00000154. The van der Waals surface area contributed by atoms with Crippen molar-refractivity contribution in [3.05, 3.63) is 0 Å². The highest BCUT2D eigenvalue weighted by Crippen LogP contribution is 2.10. The molecule has 5 heteroatoms. The predicted molar refractivity (Wildman–Crippen MR) is 75.9 cm³/mol. The van der Waals surface area contributed by atoms with E-state index in [1.165, 1.54) is 7.11 Å². The molecule has 1 heterocycles. The van der Waals surface area contributed by atoms with Crippen LogP contribution in [0.25, 0.3) is 0 Å². The van der Waals surface area contributed by atoms with Gasteiger partial charge in [0.25, 0.3) is 0 Å². The summed E-state index contributed by atoms with van der Waals surface area (Å²) in [6.45, 7) is 7.55. The van der Waals surface area contributed by atoms with E-state index in [1.54, 1.807) is 4.90 Å². The molecule has 0 bridgehead atoms. The molecular weight excluding hydrogens is 244 g/mol. The Kier molecular flexibility index (Phi) is 10.2. The predicted octanol–water partition coefficient (Wildman–Crippen LogP) is 1.57. The van der Waals surface area contributed by atoms with Gasteiger partial charge >= 0.3 is 0 Å². The number of methoxy groups -OCH3 is 1. The van der Waals surface area contributed by atoms with Gasteiger partial charge in [0, 0.05) is 32.7 Å². The zero-order chi connectivity index (χ0) is 14.7. The standard InChI is InChI=1S/C12H22N2O3.C2H6/c1-3-4-11(15)13-10-5-7-14(8-6-10)12(16)9-17-2;1-2/h10H,3-9H2,1-2H3,(H,13,15);1-2H3. The normalized spacial score (nSPS) is 15.5. The lowest BCUT2D eigenvalue weighted by molar-refractivity contribution is -0.136.